The summed E-state index contributed by atoms with van der Waals surface area (Å²) in [5, 5.41) is 2.84. The van der Waals surface area contributed by atoms with Crippen molar-refractivity contribution >= 4 is 44.8 Å². The van der Waals surface area contributed by atoms with Crippen LogP contribution in [0.2, 0.25) is 0 Å². The van der Waals surface area contributed by atoms with E-state index >= 15 is 0 Å². The van der Waals surface area contributed by atoms with Gasteiger partial charge in [0, 0.05) is 12.7 Å². The molecule has 108 valence electrons. The molecule has 0 fully saturated rings. The van der Waals surface area contributed by atoms with Crippen LogP contribution in [0.4, 0.5) is 11.5 Å². The predicted molar refractivity (Wildman–Crippen MR) is 90.3 cm³/mol. The maximum absolute atomic E-state index is 5.20. The highest BCUT2D eigenvalue weighted by Crippen LogP contribution is 2.34. The summed E-state index contributed by atoms with van der Waals surface area (Å²) < 4.78 is 6.31. The van der Waals surface area contributed by atoms with Gasteiger partial charge in [-0.3, -0.25) is 0 Å². The number of benzene rings is 1. The number of hydrogen-bond acceptors (Lipinski definition) is 6. The van der Waals surface area contributed by atoms with E-state index in [4.69, 9.17) is 4.74 Å². The van der Waals surface area contributed by atoms with E-state index in [1.165, 1.54) is 0 Å². The molecule has 0 unspecified atom stereocenters. The molecule has 0 aliphatic rings. The highest BCUT2D eigenvalue weighted by molar-refractivity contribution is 7.98. The lowest BCUT2D eigenvalue weighted by Gasteiger charge is -2.19. The molecule has 0 amide bonds. The van der Waals surface area contributed by atoms with Crippen molar-refractivity contribution in [2.75, 3.05) is 25.3 Å². The number of nitrogens with zero attached hydrogens (tertiary/aromatic N) is 3. The molecule has 6 heteroatoms. The lowest BCUT2D eigenvalue weighted by atomic mass is 10.3. The van der Waals surface area contributed by atoms with Gasteiger partial charge in [-0.05, 0) is 42.0 Å². The molecule has 0 aliphatic carbocycles. The fourth-order valence-electron chi connectivity index (χ4n) is 2.07. The average molecular weight is 317 g/mol. The van der Waals surface area contributed by atoms with Crippen LogP contribution in [0.15, 0.2) is 40.9 Å². The zero-order valence-electron chi connectivity index (χ0n) is 12.0. The summed E-state index contributed by atoms with van der Waals surface area (Å²) in [5.74, 6) is 1.78. The van der Waals surface area contributed by atoms with Crippen molar-refractivity contribution < 1.29 is 4.74 Å². The van der Waals surface area contributed by atoms with Gasteiger partial charge in [-0.2, -0.15) is 0 Å². The molecule has 0 radical (unpaired) electrons. The third-order valence-corrected chi connectivity index (χ3v) is 4.67. The molecule has 3 aromatic rings. The number of methoxy groups -OCH3 is 1. The van der Waals surface area contributed by atoms with Gasteiger partial charge in [-0.25, -0.2) is 9.97 Å². The largest absolute Gasteiger partial charge is 0.497 e. The number of rotatable bonds is 4. The highest BCUT2D eigenvalue weighted by atomic mass is 32.2. The van der Waals surface area contributed by atoms with Gasteiger partial charge >= 0.3 is 0 Å². The number of ether oxygens (including phenoxy) is 1. The zero-order valence-corrected chi connectivity index (χ0v) is 13.7. The molecular weight excluding hydrogens is 302 g/mol. The molecule has 2 heterocycles. The molecule has 0 N–H and O–H groups in total. The highest BCUT2D eigenvalue weighted by Gasteiger charge is 2.14. The first kappa shape index (κ1) is 14.2. The summed E-state index contributed by atoms with van der Waals surface area (Å²) >= 11 is 3.22. The number of thiophene rings is 1. The lowest BCUT2D eigenvalue weighted by Crippen LogP contribution is -2.12. The van der Waals surface area contributed by atoms with Gasteiger partial charge in [-0.1, -0.05) is 11.8 Å². The minimum absolute atomic E-state index is 0.788. The van der Waals surface area contributed by atoms with E-state index in [0.717, 1.165) is 32.6 Å². The molecule has 0 bridgehead atoms. The second kappa shape index (κ2) is 5.91. The summed E-state index contributed by atoms with van der Waals surface area (Å²) in [4.78, 5) is 11.3. The van der Waals surface area contributed by atoms with Crippen molar-refractivity contribution in [3.63, 3.8) is 0 Å². The summed E-state index contributed by atoms with van der Waals surface area (Å²) in [5.41, 5.74) is 2.06. The van der Waals surface area contributed by atoms with Gasteiger partial charge in [0.2, 0.25) is 0 Å². The van der Waals surface area contributed by atoms with Crippen molar-refractivity contribution in [1.29, 1.82) is 0 Å². The fourth-order valence-corrected chi connectivity index (χ4v) is 3.30. The van der Waals surface area contributed by atoms with Gasteiger partial charge < -0.3 is 9.64 Å². The number of fused-ring (bicyclic) bond motifs is 1. The minimum atomic E-state index is 0.788. The first-order chi connectivity index (χ1) is 10.2. The van der Waals surface area contributed by atoms with Gasteiger partial charge in [0.1, 0.15) is 5.75 Å². The number of hydrogen-bond donors (Lipinski definition) is 0. The molecular formula is C15H15N3OS2. The van der Waals surface area contributed by atoms with E-state index in [0.29, 0.717) is 0 Å². The Kier molecular flexibility index (Phi) is 3.98. The Labute approximate surface area is 131 Å². The fraction of sp³-hybridized carbons (Fsp3) is 0.200. The van der Waals surface area contributed by atoms with E-state index in [1.54, 1.807) is 30.2 Å². The Bertz CT molecular complexity index is 755. The van der Waals surface area contributed by atoms with Crippen LogP contribution in [0.5, 0.6) is 5.75 Å². The van der Waals surface area contributed by atoms with Crippen molar-refractivity contribution in [3.8, 4) is 5.75 Å². The second-order valence-corrected chi connectivity index (χ2v) is 6.12. The van der Waals surface area contributed by atoms with Crippen LogP contribution in [0.3, 0.4) is 0 Å². The monoisotopic (exact) mass is 317 g/mol. The van der Waals surface area contributed by atoms with Crippen LogP contribution in [0.1, 0.15) is 0 Å². The maximum atomic E-state index is 5.20. The van der Waals surface area contributed by atoms with E-state index in [1.807, 2.05) is 43.6 Å². The van der Waals surface area contributed by atoms with Crippen molar-refractivity contribution in [2.45, 2.75) is 5.16 Å². The third kappa shape index (κ3) is 2.69. The van der Waals surface area contributed by atoms with Gasteiger partial charge in [0.25, 0.3) is 0 Å². The van der Waals surface area contributed by atoms with Crippen LogP contribution in [0.25, 0.3) is 10.2 Å². The van der Waals surface area contributed by atoms with E-state index in [2.05, 4.69) is 20.2 Å². The van der Waals surface area contributed by atoms with Crippen LogP contribution in [-0.4, -0.2) is 30.4 Å². The van der Waals surface area contributed by atoms with E-state index < -0.39 is 0 Å². The van der Waals surface area contributed by atoms with Gasteiger partial charge in [-0.15, -0.1) is 11.3 Å². The molecule has 0 atom stereocenters. The average Bonchev–Trinajstić information content (AvgIpc) is 3.01. The first-order valence-corrected chi connectivity index (χ1v) is 8.50. The van der Waals surface area contributed by atoms with E-state index in [9.17, 15) is 0 Å². The Balaban J connectivity index is 2.07. The Hall–Kier alpha value is -1.79. The van der Waals surface area contributed by atoms with Crippen molar-refractivity contribution in [2.24, 2.45) is 0 Å². The molecule has 0 aliphatic heterocycles. The summed E-state index contributed by atoms with van der Waals surface area (Å²) in [6, 6.07) is 9.99. The Morgan fingerprint density at radius 1 is 1.14 bits per heavy atom. The topological polar surface area (TPSA) is 38.2 Å². The normalized spacial score (nSPS) is 10.8. The van der Waals surface area contributed by atoms with Crippen LogP contribution >= 0.6 is 23.1 Å². The Morgan fingerprint density at radius 2 is 1.90 bits per heavy atom. The molecule has 21 heavy (non-hydrogen) atoms. The summed E-state index contributed by atoms with van der Waals surface area (Å²) in [6.45, 7) is 0. The standard InChI is InChI=1S/C15H15N3OS2/c1-18(10-4-6-11(19-2)7-5-10)14-13-12(8-9-21-13)16-15(17-14)20-3/h4-9H,1-3H3. The molecule has 2 aromatic heterocycles. The maximum Gasteiger partial charge on any atom is 0.189 e. The quantitative estimate of drug-likeness (QED) is 0.533. The van der Waals surface area contributed by atoms with Crippen LogP contribution in [-0.2, 0) is 0 Å². The molecule has 0 saturated heterocycles. The van der Waals surface area contributed by atoms with Crippen LogP contribution in [0, 0.1) is 0 Å². The molecule has 3 rings (SSSR count). The predicted octanol–water partition coefficient (Wildman–Crippen LogP) is 4.19. The lowest BCUT2D eigenvalue weighted by molar-refractivity contribution is 0.415. The van der Waals surface area contributed by atoms with Gasteiger partial charge in [0.15, 0.2) is 11.0 Å². The minimum Gasteiger partial charge on any atom is -0.497 e. The Morgan fingerprint density at radius 3 is 2.57 bits per heavy atom. The zero-order chi connectivity index (χ0) is 14.8. The molecule has 0 spiro atoms. The second-order valence-electron chi connectivity index (χ2n) is 4.43. The summed E-state index contributed by atoms with van der Waals surface area (Å²) in [6.07, 6.45) is 1.99. The first-order valence-electron chi connectivity index (χ1n) is 6.40. The summed E-state index contributed by atoms with van der Waals surface area (Å²) in [7, 11) is 3.69. The van der Waals surface area contributed by atoms with Crippen molar-refractivity contribution in [3.05, 3.63) is 35.7 Å². The SMILES string of the molecule is COc1ccc(N(C)c2nc(SC)nc3ccsc23)cc1. The number of anilines is 2. The van der Waals surface area contributed by atoms with Crippen molar-refractivity contribution in [1.82, 2.24) is 9.97 Å². The molecule has 0 saturated carbocycles. The molecule has 4 nitrogen and oxygen atoms in total. The smallest absolute Gasteiger partial charge is 0.189 e. The third-order valence-electron chi connectivity index (χ3n) is 3.23. The molecule has 1 aromatic carbocycles. The number of thioether (sulfide) groups is 1. The van der Waals surface area contributed by atoms with E-state index in [-0.39, 0.29) is 0 Å². The van der Waals surface area contributed by atoms with Crippen LogP contribution < -0.4 is 9.64 Å². The number of aromatic nitrogens is 2. The van der Waals surface area contributed by atoms with Gasteiger partial charge in [0.05, 0.1) is 17.3 Å².